The zero-order valence-electron chi connectivity index (χ0n) is 17.3. The van der Waals surface area contributed by atoms with E-state index in [2.05, 4.69) is 16.8 Å². The van der Waals surface area contributed by atoms with Gasteiger partial charge in [0.05, 0.1) is 4.90 Å². The lowest BCUT2D eigenvalue weighted by Crippen LogP contribution is -2.47. The van der Waals surface area contributed by atoms with Gasteiger partial charge in [-0.1, -0.05) is 24.8 Å². The Morgan fingerprint density at radius 1 is 1.17 bits per heavy atom. The van der Waals surface area contributed by atoms with Gasteiger partial charge in [-0.3, -0.25) is 4.79 Å². The standard InChI is InChI=1S/C22H27N3O4S/c1-4-14-29-19-7-5-6-18(15-19)23-22(26)21-16-20(9-8-17(21)2)30(27,28)25-12-10-24(3)11-13-25/h4-9,15-16H,1,10-14H2,2-3H3,(H,23,26). The van der Waals surface area contributed by atoms with E-state index in [1.165, 1.54) is 10.4 Å². The fourth-order valence-electron chi connectivity index (χ4n) is 3.20. The number of anilines is 1. The first-order valence-corrected chi connectivity index (χ1v) is 11.2. The number of sulfonamides is 1. The fourth-order valence-corrected chi connectivity index (χ4v) is 4.65. The third-order valence-electron chi connectivity index (χ3n) is 5.01. The van der Waals surface area contributed by atoms with E-state index in [1.807, 2.05) is 7.05 Å². The summed E-state index contributed by atoms with van der Waals surface area (Å²) in [5.41, 5.74) is 1.58. The normalized spacial score (nSPS) is 15.5. The van der Waals surface area contributed by atoms with Crippen LogP contribution >= 0.6 is 0 Å². The molecular weight excluding hydrogens is 402 g/mol. The lowest BCUT2D eigenvalue weighted by atomic mass is 10.1. The highest BCUT2D eigenvalue weighted by atomic mass is 32.2. The molecule has 1 heterocycles. The first-order valence-electron chi connectivity index (χ1n) is 9.75. The van der Waals surface area contributed by atoms with Crippen molar-refractivity contribution in [3.8, 4) is 5.75 Å². The van der Waals surface area contributed by atoms with Crippen molar-refractivity contribution in [3.05, 3.63) is 66.2 Å². The minimum Gasteiger partial charge on any atom is -0.489 e. The number of carbonyl (C=O) groups excluding carboxylic acids is 1. The highest BCUT2D eigenvalue weighted by Gasteiger charge is 2.28. The number of hydrogen-bond donors (Lipinski definition) is 1. The monoisotopic (exact) mass is 429 g/mol. The smallest absolute Gasteiger partial charge is 0.255 e. The predicted molar refractivity (Wildman–Crippen MR) is 118 cm³/mol. The summed E-state index contributed by atoms with van der Waals surface area (Å²) in [4.78, 5) is 15.1. The zero-order chi connectivity index (χ0) is 21.7. The largest absolute Gasteiger partial charge is 0.489 e. The van der Waals surface area contributed by atoms with Crippen molar-refractivity contribution in [2.75, 3.05) is 45.2 Å². The molecule has 8 heteroatoms. The molecule has 0 atom stereocenters. The second-order valence-corrected chi connectivity index (χ2v) is 9.20. The quantitative estimate of drug-likeness (QED) is 0.685. The van der Waals surface area contributed by atoms with Gasteiger partial charge in [-0.15, -0.1) is 0 Å². The second-order valence-electron chi connectivity index (χ2n) is 7.27. The molecule has 7 nitrogen and oxygen atoms in total. The van der Waals surface area contributed by atoms with Crippen LogP contribution < -0.4 is 10.1 Å². The molecule has 3 rings (SSSR count). The molecule has 0 aliphatic carbocycles. The Labute approximate surface area is 178 Å². The molecule has 0 aromatic heterocycles. The molecule has 1 N–H and O–H groups in total. The van der Waals surface area contributed by atoms with Crippen LogP contribution in [0, 0.1) is 6.92 Å². The van der Waals surface area contributed by atoms with Gasteiger partial charge in [-0.05, 0) is 43.8 Å². The maximum Gasteiger partial charge on any atom is 0.255 e. The van der Waals surface area contributed by atoms with Crippen molar-refractivity contribution in [1.82, 2.24) is 9.21 Å². The summed E-state index contributed by atoms with van der Waals surface area (Å²) >= 11 is 0. The van der Waals surface area contributed by atoms with E-state index >= 15 is 0 Å². The first-order chi connectivity index (χ1) is 14.3. The van der Waals surface area contributed by atoms with Gasteiger partial charge in [0.15, 0.2) is 0 Å². The van der Waals surface area contributed by atoms with E-state index in [4.69, 9.17) is 4.74 Å². The second kappa shape index (κ2) is 9.42. The van der Waals surface area contributed by atoms with Crippen LogP contribution in [0.1, 0.15) is 15.9 Å². The highest BCUT2D eigenvalue weighted by Crippen LogP contribution is 2.23. The summed E-state index contributed by atoms with van der Waals surface area (Å²) in [7, 11) is -1.68. The Hall–Kier alpha value is -2.68. The molecule has 1 saturated heterocycles. The number of ether oxygens (including phenoxy) is 1. The Morgan fingerprint density at radius 3 is 2.60 bits per heavy atom. The third-order valence-corrected chi connectivity index (χ3v) is 6.91. The van der Waals surface area contributed by atoms with Gasteiger partial charge in [-0.2, -0.15) is 4.31 Å². The number of nitrogens with one attached hydrogen (secondary N) is 1. The highest BCUT2D eigenvalue weighted by molar-refractivity contribution is 7.89. The van der Waals surface area contributed by atoms with Crippen LogP contribution in [0.15, 0.2) is 60.0 Å². The zero-order valence-corrected chi connectivity index (χ0v) is 18.1. The van der Waals surface area contributed by atoms with E-state index in [0.29, 0.717) is 55.3 Å². The van der Waals surface area contributed by atoms with E-state index < -0.39 is 10.0 Å². The van der Waals surface area contributed by atoms with Crippen LogP contribution in [0.3, 0.4) is 0 Å². The van der Waals surface area contributed by atoms with E-state index in [-0.39, 0.29) is 10.8 Å². The van der Waals surface area contributed by atoms with Gasteiger partial charge < -0.3 is 15.0 Å². The first kappa shape index (κ1) is 22.0. The Morgan fingerprint density at radius 2 is 1.90 bits per heavy atom. The minimum atomic E-state index is -3.65. The maximum atomic E-state index is 13.0. The molecule has 0 radical (unpaired) electrons. The van der Waals surface area contributed by atoms with Gasteiger partial charge in [0.1, 0.15) is 12.4 Å². The van der Waals surface area contributed by atoms with Crippen LogP contribution in [0.5, 0.6) is 5.75 Å². The molecule has 0 bridgehead atoms. The number of amides is 1. The molecular formula is C22H27N3O4S. The van der Waals surface area contributed by atoms with Crippen LogP contribution in [0.25, 0.3) is 0 Å². The third kappa shape index (κ3) is 5.08. The van der Waals surface area contributed by atoms with E-state index in [1.54, 1.807) is 49.4 Å². The van der Waals surface area contributed by atoms with Crippen molar-refractivity contribution in [1.29, 1.82) is 0 Å². The topological polar surface area (TPSA) is 78.9 Å². The molecule has 0 spiro atoms. The summed E-state index contributed by atoms with van der Waals surface area (Å²) in [6.45, 7) is 8.00. The van der Waals surface area contributed by atoms with Crippen molar-refractivity contribution in [2.24, 2.45) is 0 Å². The molecule has 1 amide bonds. The molecule has 0 unspecified atom stereocenters. The number of rotatable bonds is 7. The summed E-state index contributed by atoms with van der Waals surface area (Å²) < 4.78 is 33.0. The number of likely N-dealkylation sites (N-methyl/N-ethyl adjacent to an activating group) is 1. The van der Waals surface area contributed by atoms with E-state index in [9.17, 15) is 13.2 Å². The fraction of sp³-hybridized carbons (Fsp3) is 0.318. The van der Waals surface area contributed by atoms with Crippen molar-refractivity contribution >= 4 is 21.6 Å². The van der Waals surface area contributed by atoms with Gasteiger partial charge in [0, 0.05) is 43.5 Å². The van der Waals surface area contributed by atoms with E-state index in [0.717, 1.165) is 0 Å². The number of carbonyl (C=O) groups is 1. The number of piperazine rings is 1. The lowest BCUT2D eigenvalue weighted by molar-refractivity contribution is 0.102. The minimum absolute atomic E-state index is 0.130. The molecule has 1 fully saturated rings. The number of nitrogens with zero attached hydrogens (tertiary/aromatic N) is 2. The molecule has 1 aliphatic heterocycles. The molecule has 160 valence electrons. The van der Waals surface area contributed by atoms with Gasteiger partial charge in [0.25, 0.3) is 5.91 Å². The average Bonchev–Trinajstić information content (AvgIpc) is 2.73. The van der Waals surface area contributed by atoms with Crippen LogP contribution in [0.4, 0.5) is 5.69 Å². The molecule has 30 heavy (non-hydrogen) atoms. The average molecular weight is 430 g/mol. The number of hydrogen-bond acceptors (Lipinski definition) is 5. The summed E-state index contributed by atoms with van der Waals surface area (Å²) in [5, 5.41) is 2.82. The van der Waals surface area contributed by atoms with Crippen molar-refractivity contribution in [3.63, 3.8) is 0 Å². The SMILES string of the molecule is C=CCOc1cccc(NC(=O)c2cc(S(=O)(=O)N3CCN(C)CC3)ccc2C)c1. The molecule has 2 aromatic rings. The van der Waals surface area contributed by atoms with Crippen molar-refractivity contribution < 1.29 is 17.9 Å². The van der Waals surface area contributed by atoms with Crippen molar-refractivity contribution in [2.45, 2.75) is 11.8 Å². The number of benzene rings is 2. The van der Waals surface area contributed by atoms with Crippen LogP contribution in [-0.4, -0.2) is 63.4 Å². The molecule has 1 aliphatic rings. The van der Waals surface area contributed by atoms with Gasteiger partial charge in [0.2, 0.25) is 10.0 Å². The maximum absolute atomic E-state index is 13.0. The van der Waals surface area contributed by atoms with Crippen LogP contribution in [-0.2, 0) is 10.0 Å². The van der Waals surface area contributed by atoms with Crippen LogP contribution in [0.2, 0.25) is 0 Å². The Kier molecular flexibility index (Phi) is 6.91. The summed E-state index contributed by atoms with van der Waals surface area (Å²) in [6.07, 6.45) is 1.64. The lowest BCUT2D eigenvalue weighted by Gasteiger charge is -2.31. The molecule has 2 aromatic carbocycles. The summed E-state index contributed by atoms with van der Waals surface area (Å²) in [5.74, 6) is 0.236. The Bertz CT molecular complexity index is 1030. The van der Waals surface area contributed by atoms with Gasteiger partial charge in [-0.25, -0.2) is 8.42 Å². The number of aryl methyl sites for hydroxylation is 1. The molecule has 0 saturated carbocycles. The Balaban J connectivity index is 1.81. The summed E-state index contributed by atoms with van der Waals surface area (Å²) in [6, 6.07) is 11.7. The predicted octanol–water partition coefficient (Wildman–Crippen LogP) is 2.75. The van der Waals surface area contributed by atoms with Gasteiger partial charge >= 0.3 is 0 Å².